The lowest BCUT2D eigenvalue weighted by atomic mass is 10.1. The zero-order chi connectivity index (χ0) is 11.9. The Hall–Kier alpha value is -0.850. The van der Waals surface area contributed by atoms with Crippen LogP contribution in [0.3, 0.4) is 0 Å². The topological polar surface area (TPSA) is 9.23 Å². The minimum atomic E-state index is 0. The molecule has 18 heavy (non-hydrogen) atoms. The van der Waals surface area contributed by atoms with E-state index in [1.807, 2.05) is 36.4 Å². The number of halogens is 1. The van der Waals surface area contributed by atoms with E-state index in [1.165, 1.54) is 12.0 Å². The molecule has 0 saturated carbocycles. The lowest BCUT2D eigenvalue weighted by Gasteiger charge is -2.07. The maximum atomic E-state index is 5.79. The van der Waals surface area contributed by atoms with Crippen molar-refractivity contribution in [2.24, 2.45) is 0 Å². The quantitative estimate of drug-likeness (QED) is 0.713. The summed E-state index contributed by atoms with van der Waals surface area (Å²) in [5.41, 5.74) is 1.33. The van der Waals surface area contributed by atoms with Gasteiger partial charge >= 0.3 is 0 Å². The molecule has 0 amide bonds. The largest absolute Gasteiger partial charge is 0.457 e. The van der Waals surface area contributed by atoms with Crippen molar-refractivity contribution in [1.82, 2.24) is 0 Å². The Kier molecular flexibility index (Phi) is 7.00. The van der Waals surface area contributed by atoms with Crippen LogP contribution >= 0.6 is 26.2 Å². The first-order chi connectivity index (χ1) is 8.38. The van der Waals surface area contributed by atoms with Crippen LogP contribution < -0.4 is 4.74 Å². The Balaban J connectivity index is 0.00000162. The second kappa shape index (κ2) is 8.29. The average Bonchev–Trinajstić information content (AvgIpc) is 2.38. The fourth-order valence-corrected chi connectivity index (χ4v) is 1.90. The summed E-state index contributed by atoms with van der Waals surface area (Å²) < 4.78 is 5.79. The van der Waals surface area contributed by atoms with Gasteiger partial charge in [0, 0.05) is 0 Å². The average molecular weight is 325 g/mol. The summed E-state index contributed by atoms with van der Waals surface area (Å²) in [4.78, 5) is 0. The van der Waals surface area contributed by atoms with Crippen LogP contribution in [0.2, 0.25) is 0 Å². The highest BCUT2D eigenvalue weighted by atomic mass is 79.9. The van der Waals surface area contributed by atoms with Crippen LogP contribution in [-0.2, 0) is 6.42 Å². The smallest absolute Gasteiger partial charge is 0.127 e. The summed E-state index contributed by atoms with van der Waals surface area (Å²) in [5.74, 6) is 1.80. The summed E-state index contributed by atoms with van der Waals surface area (Å²) in [6, 6.07) is 18.2. The van der Waals surface area contributed by atoms with Crippen LogP contribution in [0.4, 0.5) is 0 Å². The molecule has 0 fully saturated rings. The van der Waals surface area contributed by atoms with Gasteiger partial charge in [0.25, 0.3) is 0 Å². The first-order valence-electron chi connectivity index (χ1n) is 5.90. The number of rotatable bonds is 5. The molecule has 0 spiro atoms. The molecule has 1 atom stereocenters. The SMILES string of the molecule is Br.PCCCc1cccc(Oc2ccccc2)c1. The molecule has 0 aromatic heterocycles. The van der Waals surface area contributed by atoms with Crippen LogP contribution in [0, 0.1) is 0 Å². The highest BCUT2D eigenvalue weighted by molar-refractivity contribution is 8.93. The van der Waals surface area contributed by atoms with Crippen LogP contribution in [-0.4, -0.2) is 6.16 Å². The van der Waals surface area contributed by atoms with Crippen LogP contribution in [0.25, 0.3) is 0 Å². The molecule has 0 saturated heterocycles. The molecule has 2 rings (SSSR count). The maximum Gasteiger partial charge on any atom is 0.127 e. The van der Waals surface area contributed by atoms with Gasteiger partial charge in [0.05, 0.1) is 0 Å². The van der Waals surface area contributed by atoms with Crippen LogP contribution in [0.5, 0.6) is 11.5 Å². The van der Waals surface area contributed by atoms with E-state index in [4.69, 9.17) is 4.74 Å². The van der Waals surface area contributed by atoms with E-state index in [0.717, 1.165) is 24.1 Å². The summed E-state index contributed by atoms with van der Waals surface area (Å²) in [6.45, 7) is 0. The number of hydrogen-bond donors (Lipinski definition) is 0. The molecular weight excluding hydrogens is 307 g/mol. The number of ether oxygens (including phenoxy) is 1. The van der Waals surface area contributed by atoms with E-state index in [0.29, 0.717) is 0 Å². The molecule has 0 aliphatic rings. The molecule has 0 N–H and O–H groups in total. The summed E-state index contributed by atoms with van der Waals surface area (Å²) in [7, 11) is 2.76. The molecule has 96 valence electrons. The monoisotopic (exact) mass is 324 g/mol. The second-order valence-corrected chi connectivity index (χ2v) is 4.53. The Morgan fingerprint density at radius 2 is 1.61 bits per heavy atom. The van der Waals surface area contributed by atoms with Crippen LogP contribution in [0.1, 0.15) is 12.0 Å². The van der Waals surface area contributed by atoms with E-state index in [2.05, 4.69) is 27.4 Å². The lowest BCUT2D eigenvalue weighted by Crippen LogP contribution is -1.88. The standard InChI is InChI=1S/C15H17OP.BrH/c17-11-5-7-13-6-4-10-15(12-13)16-14-8-2-1-3-9-14;/h1-4,6,8-10,12H,5,7,11,17H2;1H. The van der Waals surface area contributed by atoms with Crippen molar-refractivity contribution in [1.29, 1.82) is 0 Å². The molecule has 2 aromatic carbocycles. The third kappa shape index (κ3) is 4.80. The summed E-state index contributed by atoms with van der Waals surface area (Å²) >= 11 is 0. The molecule has 1 unspecified atom stereocenters. The molecule has 0 aliphatic carbocycles. The molecule has 2 aromatic rings. The number of benzene rings is 2. The van der Waals surface area contributed by atoms with Crippen molar-refractivity contribution < 1.29 is 4.74 Å². The minimum Gasteiger partial charge on any atom is -0.457 e. The molecule has 0 aliphatic heterocycles. The molecular formula is C15H18BrOP. The number of hydrogen-bond acceptors (Lipinski definition) is 1. The molecule has 0 radical (unpaired) electrons. The Labute approximate surface area is 122 Å². The molecule has 0 heterocycles. The molecule has 1 nitrogen and oxygen atoms in total. The van der Waals surface area contributed by atoms with E-state index in [-0.39, 0.29) is 17.0 Å². The number of aryl methyl sites for hydroxylation is 1. The predicted octanol–water partition coefficient (Wildman–Crippen LogP) is 4.86. The van der Waals surface area contributed by atoms with E-state index < -0.39 is 0 Å². The Morgan fingerprint density at radius 1 is 0.889 bits per heavy atom. The van der Waals surface area contributed by atoms with Gasteiger partial charge in [0.2, 0.25) is 0 Å². The fraction of sp³-hybridized carbons (Fsp3) is 0.200. The predicted molar refractivity (Wildman–Crippen MR) is 86.2 cm³/mol. The third-order valence-electron chi connectivity index (χ3n) is 2.55. The zero-order valence-corrected chi connectivity index (χ0v) is 13.1. The van der Waals surface area contributed by atoms with Gasteiger partial charge in [-0.15, -0.1) is 26.2 Å². The van der Waals surface area contributed by atoms with E-state index >= 15 is 0 Å². The third-order valence-corrected chi connectivity index (χ3v) is 2.96. The minimum absolute atomic E-state index is 0. The highest BCUT2D eigenvalue weighted by Crippen LogP contribution is 2.22. The van der Waals surface area contributed by atoms with Crippen LogP contribution in [0.15, 0.2) is 54.6 Å². The lowest BCUT2D eigenvalue weighted by molar-refractivity contribution is 0.482. The van der Waals surface area contributed by atoms with Crippen molar-refractivity contribution in [2.45, 2.75) is 12.8 Å². The zero-order valence-electron chi connectivity index (χ0n) is 10.2. The van der Waals surface area contributed by atoms with Gasteiger partial charge < -0.3 is 4.74 Å². The van der Waals surface area contributed by atoms with Crippen molar-refractivity contribution in [2.75, 3.05) is 6.16 Å². The summed E-state index contributed by atoms with van der Waals surface area (Å²) in [5, 5.41) is 0. The first-order valence-corrected chi connectivity index (χ1v) is 6.72. The van der Waals surface area contributed by atoms with Gasteiger partial charge in [-0.05, 0) is 48.8 Å². The first kappa shape index (κ1) is 15.2. The summed E-state index contributed by atoms with van der Waals surface area (Å²) in [6.07, 6.45) is 3.44. The molecule has 0 bridgehead atoms. The van der Waals surface area contributed by atoms with E-state index in [9.17, 15) is 0 Å². The van der Waals surface area contributed by atoms with Crippen molar-refractivity contribution in [3.05, 3.63) is 60.2 Å². The van der Waals surface area contributed by atoms with Gasteiger partial charge in [-0.2, -0.15) is 0 Å². The van der Waals surface area contributed by atoms with Crippen molar-refractivity contribution in [3.8, 4) is 11.5 Å². The van der Waals surface area contributed by atoms with Gasteiger partial charge in [-0.25, -0.2) is 0 Å². The van der Waals surface area contributed by atoms with Crippen molar-refractivity contribution >= 4 is 26.2 Å². The van der Waals surface area contributed by atoms with Gasteiger partial charge in [0.15, 0.2) is 0 Å². The highest BCUT2D eigenvalue weighted by Gasteiger charge is 1.98. The Bertz CT molecular complexity index is 459. The van der Waals surface area contributed by atoms with E-state index in [1.54, 1.807) is 0 Å². The van der Waals surface area contributed by atoms with Gasteiger partial charge in [-0.1, -0.05) is 30.3 Å². The number of para-hydroxylation sites is 1. The normalized spacial score (nSPS) is 9.61. The fourth-order valence-electron chi connectivity index (χ4n) is 1.70. The van der Waals surface area contributed by atoms with Crippen molar-refractivity contribution in [3.63, 3.8) is 0 Å². The van der Waals surface area contributed by atoms with Gasteiger partial charge in [0.1, 0.15) is 11.5 Å². The maximum absolute atomic E-state index is 5.79. The Morgan fingerprint density at radius 3 is 2.33 bits per heavy atom. The van der Waals surface area contributed by atoms with Gasteiger partial charge in [-0.3, -0.25) is 0 Å². The molecule has 3 heteroatoms. The second-order valence-electron chi connectivity index (χ2n) is 3.95.